The van der Waals surface area contributed by atoms with E-state index in [1.54, 1.807) is 0 Å². The van der Waals surface area contributed by atoms with E-state index in [1.807, 2.05) is 10.9 Å². The Hall–Kier alpha value is -1.03. The van der Waals surface area contributed by atoms with Gasteiger partial charge in [-0.3, -0.25) is 4.68 Å². The summed E-state index contributed by atoms with van der Waals surface area (Å²) in [6, 6.07) is 2.59. The maximum atomic E-state index is 5.93. The Morgan fingerprint density at radius 2 is 2.47 bits per heavy atom. The van der Waals surface area contributed by atoms with Crippen molar-refractivity contribution in [1.29, 1.82) is 0 Å². The van der Waals surface area contributed by atoms with Crippen molar-refractivity contribution in [2.75, 3.05) is 11.9 Å². The van der Waals surface area contributed by atoms with Crippen LogP contribution in [0.5, 0.6) is 0 Å². The molecule has 3 rings (SSSR count). The van der Waals surface area contributed by atoms with Crippen LogP contribution < -0.4 is 5.32 Å². The van der Waals surface area contributed by atoms with Crippen LogP contribution in [0.25, 0.3) is 0 Å². The van der Waals surface area contributed by atoms with Crippen LogP contribution in [0.3, 0.4) is 0 Å². The van der Waals surface area contributed by atoms with Crippen molar-refractivity contribution in [2.45, 2.75) is 57.2 Å². The topological polar surface area (TPSA) is 39.1 Å². The minimum absolute atomic E-state index is 0.212. The van der Waals surface area contributed by atoms with E-state index in [-0.39, 0.29) is 5.60 Å². The van der Waals surface area contributed by atoms with Crippen molar-refractivity contribution in [3.8, 4) is 0 Å². The molecule has 0 bridgehead atoms. The normalized spacial score (nSPS) is 26.8. The second kappa shape index (κ2) is 4.33. The summed E-state index contributed by atoms with van der Waals surface area (Å²) in [5.74, 6) is 1.01. The highest BCUT2D eigenvalue weighted by molar-refractivity contribution is 5.34. The van der Waals surface area contributed by atoms with E-state index in [9.17, 15) is 0 Å². The summed E-state index contributed by atoms with van der Waals surface area (Å²) in [7, 11) is 0. The third kappa shape index (κ3) is 2.18. The van der Waals surface area contributed by atoms with Crippen molar-refractivity contribution in [1.82, 2.24) is 9.78 Å². The lowest BCUT2D eigenvalue weighted by Gasteiger charge is -2.47. The molecular formula is C13H21N3O. The van der Waals surface area contributed by atoms with Crippen molar-refractivity contribution in [3.63, 3.8) is 0 Å². The number of hydrogen-bond donors (Lipinski definition) is 1. The standard InChI is InChI=1S/C13H21N3O/c1-2-16-8-4-12(15-16)14-11-5-9-17-13(10-11)6-3-7-13/h4,8,11H,2-3,5-7,9-10H2,1H3,(H,14,15). The molecule has 4 nitrogen and oxygen atoms in total. The molecule has 1 saturated carbocycles. The zero-order valence-corrected chi connectivity index (χ0v) is 10.5. The Morgan fingerprint density at radius 1 is 1.59 bits per heavy atom. The van der Waals surface area contributed by atoms with Crippen LogP contribution in [0.1, 0.15) is 39.0 Å². The highest BCUT2D eigenvalue weighted by Crippen LogP contribution is 2.42. The maximum absolute atomic E-state index is 5.93. The largest absolute Gasteiger partial charge is 0.375 e. The molecule has 1 spiro atoms. The quantitative estimate of drug-likeness (QED) is 0.874. The number of aryl methyl sites for hydroxylation is 1. The molecule has 1 saturated heterocycles. The minimum Gasteiger partial charge on any atom is -0.375 e. The van der Waals surface area contributed by atoms with Crippen molar-refractivity contribution >= 4 is 5.82 Å². The van der Waals surface area contributed by atoms with E-state index >= 15 is 0 Å². The molecule has 2 heterocycles. The number of ether oxygens (including phenoxy) is 1. The summed E-state index contributed by atoms with van der Waals surface area (Å²) in [5.41, 5.74) is 0.212. The van der Waals surface area contributed by atoms with Gasteiger partial charge in [0.15, 0.2) is 0 Å². The van der Waals surface area contributed by atoms with Crippen molar-refractivity contribution in [2.24, 2.45) is 0 Å². The van der Waals surface area contributed by atoms with Gasteiger partial charge in [-0.1, -0.05) is 0 Å². The molecule has 1 aromatic rings. The first-order valence-electron chi connectivity index (χ1n) is 6.74. The van der Waals surface area contributed by atoms with Gasteiger partial charge in [-0.15, -0.1) is 0 Å². The van der Waals surface area contributed by atoms with Gasteiger partial charge in [-0.05, 0) is 39.0 Å². The van der Waals surface area contributed by atoms with Crippen LogP contribution in [-0.4, -0.2) is 28.0 Å². The fourth-order valence-corrected chi connectivity index (χ4v) is 2.89. The predicted molar refractivity (Wildman–Crippen MR) is 67.1 cm³/mol. The number of aromatic nitrogens is 2. The second-order valence-corrected chi connectivity index (χ2v) is 5.28. The minimum atomic E-state index is 0.212. The van der Waals surface area contributed by atoms with E-state index in [0.29, 0.717) is 6.04 Å². The summed E-state index contributed by atoms with van der Waals surface area (Å²) in [4.78, 5) is 0. The molecule has 1 N–H and O–H groups in total. The lowest BCUT2D eigenvalue weighted by Crippen LogP contribution is -2.49. The summed E-state index contributed by atoms with van der Waals surface area (Å²) in [5, 5.41) is 8.03. The van der Waals surface area contributed by atoms with Crippen LogP contribution in [0.2, 0.25) is 0 Å². The van der Waals surface area contributed by atoms with E-state index in [1.165, 1.54) is 19.3 Å². The zero-order chi connectivity index (χ0) is 11.7. The van der Waals surface area contributed by atoms with Gasteiger partial charge in [0, 0.05) is 31.5 Å². The van der Waals surface area contributed by atoms with Gasteiger partial charge in [0.25, 0.3) is 0 Å². The average molecular weight is 235 g/mol. The van der Waals surface area contributed by atoms with E-state index in [0.717, 1.165) is 31.8 Å². The van der Waals surface area contributed by atoms with Crippen LogP contribution in [-0.2, 0) is 11.3 Å². The Bertz CT molecular complexity index is 384. The molecular weight excluding hydrogens is 214 g/mol. The highest BCUT2D eigenvalue weighted by Gasteiger charge is 2.42. The van der Waals surface area contributed by atoms with Crippen molar-refractivity contribution in [3.05, 3.63) is 12.3 Å². The van der Waals surface area contributed by atoms with Gasteiger partial charge in [0.05, 0.1) is 5.60 Å². The Balaban J connectivity index is 1.60. The molecule has 0 radical (unpaired) electrons. The predicted octanol–water partition coefficient (Wildman–Crippen LogP) is 2.42. The van der Waals surface area contributed by atoms with Gasteiger partial charge in [-0.25, -0.2) is 0 Å². The number of anilines is 1. The summed E-state index contributed by atoms with van der Waals surface area (Å²) < 4.78 is 7.89. The molecule has 1 aromatic heterocycles. The molecule has 94 valence electrons. The maximum Gasteiger partial charge on any atom is 0.148 e. The fourth-order valence-electron chi connectivity index (χ4n) is 2.89. The van der Waals surface area contributed by atoms with E-state index < -0.39 is 0 Å². The first-order chi connectivity index (χ1) is 8.30. The lowest BCUT2D eigenvalue weighted by molar-refractivity contribution is -0.130. The molecule has 2 fully saturated rings. The van der Waals surface area contributed by atoms with Crippen LogP contribution >= 0.6 is 0 Å². The van der Waals surface area contributed by atoms with Gasteiger partial charge in [-0.2, -0.15) is 5.10 Å². The zero-order valence-electron chi connectivity index (χ0n) is 10.5. The lowest BCUT2D eigenvalue weighted by atomic mass is 9.74. The van der Waals surface area contributed by atoms with Gasteiger partial charge >= 0.3 is 0 Å². The molecule has 1 aliphatic heterocycles. The van der Waals surface area contributed by atoms with Crippen LogP contribution in [0.15, 0.2) is 12.3 Å². The van der Waals surface area contributed by atoms with Crippen LogP contribution in [0, 0.1) is 0 Å². The molecule has 0 amide bonds. The molecule has 4 heteroatoms. The first kappa shape index (κ1) is 11.1. The number of hydrogen-bond acceptors (Lipinski definition) is 3. The number of nitrogens with zero attached hydrogens (tertiary/aromatic N) is 2. The van der Waals surface area contributed by atoms with Crippen LogP contribution in [0.4, 0.5) is 5.82 Å². The third-order valence-corrected chi connectivity index (χ3v) is 4.07. The second-order valence-electron chi connectivity index (χ2n) is 5.28. The van der Waals surface area contributed by atoms with E-state index in [4.69, 9.17) is 4.74 Å². The highest BCUT2D eigenvalue weighted by atomic mass is 16.5. The van der Waals surface area contributed by atoms with Crippen molar-refractivity contribution < 1.29 is 4.74 Å². The molecule has 17 heavy (non-hydrogen) atoms. The Labute approximate surface area is 102 Å². The molecule has 1 atom stereocenters. The molecule has 0 aromatic carbocycles. The smallest absolute Gasteiger partial charge is 0.148 e. The summed E-state index contributed by atoms with van der Waals surface area (Å²) >= 11 is 0. The fraction of sp³-hybridized carbons (Fsp3) is 0.769. The molecule has 1 aliphatic carbocycles. The third-order valence-electron chi connectivity index (χ3n) is 4.07. The monoisotopic (exact) mass is 235 g/mol. The summed E-state index contributed by atoms with van der Waals surface area (Å²) in [6.07, 6.45) is 8.09. The number of nitrogens with one attached hydrogen (secondary N) is 1. The molecule has 2 aliphatic rings. The average Bonchev–Trinajstić information content (AvgIpc) is 2.75. The Kier molecular flexibility index (Phi) is 2.82. The van der Waals surface area contributed by atoms with Gasteiger partial charge in [0.2, 0.25) is 0 Å². The number of rotatable bonds is 3. The van der Waals surface area contributed by atoms with Gasteiger partial charge in [0.1, 0.15) is 5.82 Å². The summed E-state index contributed by atoms with van der Waals surface area (Å²) in [6.45, 7) is 3.93. The first-order valence-corrected chi connectivity index (χ1v) is 6.74. The van der Waals surface area contributed by atoms with E-state index in [2.05, 4.69) is 23.4 Å². The Morgan fingerprint density at radius 3 is 3.12 bits per heavy atom. The van der Waals surface area contributed by atoms with Gasteiger partial charge < -0.3 is 10.1 Å². The SMILES string of the molecule is CCn1ccc(NC2CCOC3(CCC3)C2)n1. The molecule has 1 unspecified atom stereocenters.